The molecular formula is C2H5OS-. The first-order chi connectivity index (χ1) is 1.73. The molecule has 0 aromatic carbocycles. The summed E-state index contributed by atoms with van der Waals surface area (Å²) in [6, 6.07) is 0. The summed E-state index contributed by atoms with van der Waals surface area (Å²) in [5.41, 5.74) is -0.583. The van der Waals surface area contributed by atoms with Crippen molar-refractivity contribution in [2.75, 3.05) is 0 Å². The number of aliphatic hydroxyl groups excluding tert-OH is 1. The van der Waals surface area contributed by atoms with Crippen molar-refractivity contribution in [2.45, 2.75) is 12.4 Å². The Morgan fingerprint density at radius 1 is 2.00 bits per heavy atom. The highest BCUT2D eigenvalue weighted by molar-refractivity contribution is 7.59. The van der Waals surface area contributed by atoms with Gasteiger partial charge in [0.25, 0.3) is 0 Å². The fourth-order valence-electron chi connectivity index (χ4n) is 0. The molecule has 2 heteroatoms. The molecule has 0 amide bonds. The van der Waals surface area contributed by atoms with Gasteiger partial charge >= 0.3 is 0 Å². The molecule has 0 rings (SSSR count). The molecule has 0 radical (unpaired) electrons. The topological polar surface area (TPSA) is 20.2 Å². The Balaban J connectivity index is 2.32. The summed E-state index contributed by atoms with van der Waals surface area (Å²) in [5, 5.41) is 7.87. The van der Waals surface area contributed by atoms with E-state index in [1.54, 1.807) is 0 Å². The first-order valence-corrected chi connectivity index (χ1v) is 1.54. The lowest BCUT2D eigenvalue weighted by molar-refractivity contribution is 0.285. The highest BCUT2D eigenvalue weighted by Crippen LogP contribution is 1.62. The number of aliphatic hydroxyl groups is 1. The lowest BCUT2D eigenvalue weighted by Crippen LogP contribution is -1.87. The van der Waals surface area contributed by atoms with Gasteiger partial charge in [-0.1, -0.05) is 12.4 Å². The summed E-state index contributed by atoms with van der Waals surface area (Å²) in [7, 11) is 0. The molecular weight excluding hydrogens is 72.1 g/mol. The molecule has 0 aromatic rings. The van der Waals surface area contributed by atoms with E-state index in [1.807, 2.05) is 0 Å². The third-order valence-corrected chi connectivity index (χ3v) is 0. The van der Waals surface area contributed by atoms with Crippen molar-refractivity contribution in [3.63, 3.8) is 0 Å². The van der Waals surface area contributed by atoms with Crippen LogP contribution in [-0.2, 0) is 12.6 Å². The van der Waals surface area contributed by atoms with E-state index < -0.39 is 5.44 Å². The monoisotopic (exact) mass is 77.0 g/mol. The predicted molar refractivity (Wildman–Crippen MR) is 19.0 cm³/mol. The largest absolute Gasteiger partial charge is 0.762 e. The molecule has 0 aliphatic carbocycles. The van der Waals surface area contributed by atoms with Crippen molar-refractivity contribution < 1.29 is 5.11 Å². The van der Waals surface area contributed by atoms with E-state index >= 15 is 0 Å². The molecule has 1 N–H and O–H groups in total. The summed E-state index contributed by atoms with van der Waals surface area (Å²) < 4.78 is 0. The van der Waals surface area contributed by atoms with Gasteiger partial charge in [0, 0.05) is 0 Å². The molecule has 0 spiro atoms. The summed E-state index contributed by atoms with van der Waals surface area (Å²) in [6.07, 6.45) is 0. The maximum absolute atomic E-state index is 7.87. The highest BCUT2D eigenvalue weighted by atomic mass is 32.1. The molecule has 0 heterocycles. The molecule has 4 heavy (non-hydrogen) atoms. The van der Waals surface area contributed by atoms with Crippen LogP contribution in [-0.4, -0.2) is 10.5 Å². The van der Waals surface area contributed by atoms with Gasteiger partial charge in [0.15, 0.2) is 0 Å². The van der Waals surface area contributed by atoms with Crippen LogP contribution >= 0.6 is 0 Å². The molecule has 0 fully saturated rings. The summed E-state index contributed by atoms with van der Waals surface area (Å²) in [4.78, 5) is 0. The van der Waals surface area contributed by atoms with Crippen LogP contribution in [0.3, 0.4) is 0 Å². The molecule has 0 aliphatic rings. The number of rotatable bonds is 0. The molecule has 0 aliphatic heterocycles. The lowest BCUT2D eigenvalue weighted by atomic mass is 10.9. The fraction of sp³-hybridized carbons (Fsp3) is 1.00. The molecule has 1 atom stereocenters. The van der Waals surface area contributed by atoms with Crippen LogP contribution < -0.4 is 0 Å². The van der Waals surface area contributed by atoms with E-state index in [2.05, 4.69) is 12.6 Å². The Labute approximate surface area is 31.1 Å². The molecule has 0 saturated carbocycles. The Hall–Kier alpha value is 0.310. The van der Waals surface area contributed by atoms with Gasteiger partial charge in [-0.25, -0.2) is 0 Å². The molecule has 1 nitrogen and oxygen atoms in total. The average molecular weight is 77.1 g/mol. The second-order valence-electron chi connectivity index (χ2n) is 0.599. The molecule has 0 saturated heterocycles. The van der Waals surface area contributed by atoms with Gasteiger partial charge in [-0.3, -0.25) is 0 Å². The molecule has 0 aromatic heterocycles. The van der Waals surface area contributed by atoms with Gasteiger partial charge in [-0.2, -0.15) is 0 Å². The molecule has 1 unspecified atom stereocenters. The van der Waals surface area contributed by atoms with Gasteiger partial charge < -0.3 is 17.7 Å². The Kier molecular flexibility index (Phi) is 1.74. The Bertz CT molecular complexity index is 10.8. The Morgan fingerprint density at radius 3 is 2.00 bits per heavy atom. The summed E-state index contributed by atoms with van der Waals surface area (Å²) >= 11 is 4.18. The normalized spacial score (nSPS) is 15.8. The third-order valence-electron chi connectivity index (χ3n) is 0. The van der Waals surface area contributed by atoms with Crippen molar-refractivity contribution in [1.82, 2.24) is 0 Å². The van der Waals surface area contributed by atoms with Crippen molar-refractivity contribution in [3.8, 4) is 0 Å². The first kappa shape index (κ1) is 4.31. The zero-order valence-corrected chi connectivity index (χ0v) is 3.25. The minimum atomic E-state index is -0.583. The lowest BCUT2D eigenvalue weighted by Gasteiger charge is -2.01. The summed E-state index contributed by atoms with van der Waals surface area (Å²) in [6.45, 7) is 1.54. The average Bonchev–Trinajstić information content (AvgIpc) is 0.811. The van der Waals surface area contributed by atoms with E-state index in [4.69, 9.17) is 5.11 Å². The smallest absolute Gasteiger partial charge is 0.0618 e. The van der Waals surface area contributed by atoms with Crippen molar-refractivity contribution in [3.05, 3.63) is 0 Å². The molecule has 0 bridgehead atoms. The van der Waals surface area contributed by atoms with E-state index in [9.17, 15) is 0 Å². The van der Waals surface area contributed by atoms with Gasteiger partial charge in [-0.05, 0) is 0 Å². The molecule has 26 valence electrons. The van der Waals surface area contributed by atoms with Crippen molar-refractivity contribution in [2.24, 2.45) is 0 Å². The fourth-order valence-corrected chi connectivity index (χ4v) is 0. The number of hydrogen-bond acceptors (Lipinski definition) is 2. The highest BCUT2D eigenvalue weighted by Gasteiger charge is 1.52. The maximum Gasteiger partial charge on any atom is -0.0618 e. The minimum absolute atomic E-state index is 0.583. The van der Waals surface area contributed by atoms with E-state index in [1.165, 1.54) is 6.92 Å². The zero-order valence-electron chi connectivity index (χ0n) is 2.43. The van der Waals surface area contributed by atoms with E-state index in [0.717, 1.165) is 0 Å². The first-order valence-electron chi connectivity index (χ1n) is 1.07. The minimum Gasteiger partial charge on any atom is -0.762 e. The second kappa shape index (κ2) is 1.61. The van der Waals surface area contributed by atoms with Crippen LogP contribution in [0.15, 0.2) is 0 Å². The van der Waals surface area contributed by atoms with Gasteiger partial charge in [-0.15, -0.1) is 0 Å². The Morgan fingerprint density at radius 2 is 2.00 bits per heavy atom. The van der Waals surface area contributed by atoms with Crippen molar-refractivity contribution >= 4 is 12.6 Å². The quantitative estimate of drug-likeness (QED) is 0.406. The van der Waals surface area contributed by atoms with Crippen LogP contribution in [0.2, 0.25) is 0 Å². The van der Waals surface area contributed by atoms with E-state index in [-0.39, 0.29) is 0 Å². The SMILES string of the molecule is CC(O)[S-]. The van der Waals surface area contributed by atoms with Crippen LogP contribution in [0.25, 0.3) is 0 Å². The zero-order chi connectivity index (χ0) is 3.58. The maximum atomic E-state index is 7.87. The van der Waals surface area contributed by atoms with Crippen LogP contribution in [0, 0.1) is 0 Å². The van der Waals surface area contributed by atoms with Crippen molar-refractivity contribution in [1.29, 1.82) is 0 Å². The predicted octanol–water partition coefficient (Wildman–Crippen LogP) is -0.128. The van der Waals surface area contributed by atoms with E-state index in [0.29, 0.717) is 0 Å². The van der Waals surface area contributed by atoms with Crippen LogP contribution in [0.1, 0.15) is 6.92 Å². The number of hydrogen-bond donors (Lipinski definition) is 1. The van der Waals surface area contributed by atoms with Crippen LogP contribution in [0.4, 0.5) is 0 Å². The van der Waals surface area contributed by atoms with Gasteiger partial charge in [0.2, 0.25) is 0 Å². The van der Waals surface area contributed by atoms with Gasteiger partial charge in [0.1, 0.15) is 0 Å². The van der Waals surface area contributed by atoms with Crippen LogP contribution in [0.5, 0.6) is 0 Å². The summed E-state index contributed by atoms with van der Waals surface area (Å²) in [5.74, 6) is 0. The third kappa shape index (κ3) is 41.3. The standard InChI is InChI=1S/C2H6OS/c1-2(3)4/h2-4H,1H3/p-1. The van der Waals surface area contributed by atoms with Gasteiger partial charge in [0.05, 0.1) is 0 Å². The second-order valence-corrected chi connectivity index (χ2v) is 1.28.